The second-order valence-electron chi connectivity index (χ2n) is 10.7. The molecule has 3 aliphatic heterocycles. The van der Waals surface area contributed by atoms with Gasteiger partial charge in [-0.25, -0.2) is 4.68 Å². The van der Waals surface area contributed by atoms with Crippen LogP contribution < -0.4 is 9.80 Å². The molecule has 202 valence electrons. The molecule has 2 unspecified atom stereocenters. The first-order chi connectivity index (χ1) is 18.0. The summed E-state index contributed by atoms with van der Waals surface area (Å²) in [5.74, 6) is 0.197. The summed E-state index contributed by atoms with van der Waals surface area (Å²) in [7, 11) is 0. The zero-order valence-corrected chi connectivity index (χ0v) is 20.2. The standard InChI is InChI=1S/C24H23F6N7O/c1-12-32-33-21(38-12)35-10-14-7-8-22(11-35)18(14)36(22)20-31-19-16(5-6-17(24(28,29)30)37(19)34-20)13-3-2-4-15(9-13)23(25,26)27/h2-4,9,14,16-18H,5-8,10-11H2,1H3/t14-,16?,17?,18-,22-,36?/m0/s1. The highest BCUT2D eigenvalue weighted by Gasteiger charge is 2.73. The van der Waals surface area contributed by atoms with Crippen molar-refractivity contribution in [2.75, 3.05) is 22.9 Å². The number of halogens is 6. The first-order valence-corrected chi connectivity index (χ1v) is 12.5. The van der Waals surface area contributed by atoms with Gasteiger partial charge in [0.1, 0.15) is 11.9 Å². The minimum absolute atomic E-state index is 0.0190. The fourth-order valence-electron chi connectivity index (χ4n) is 6.93. The Morgan fingerprint density at radius 3 is 2.58 bits per heavy atom. The molecule has 38 heavy (non-hydrogen) atoms. The van der Waals surface area contributed by atoms with E-state index in [2.05, 4.69) is 20.3 Å². The number of hydrogen-bond donors (Lipinski definition) is 0. The van der Waals surface area contributed by atoms with Gasteiger partial charge in [-0.3, -0.25) is 0 Å². The number of nitrogens with zero attached hydrogens (tertiary/aromatic N) is 7. The zero-order chi connectivity index (χ0) is 26.6. The zero-order valence-electron chi connectivity index (χ0n) is 20.2. The maximum atomic E-state index is 14.0. The quantitative estimate of drug-likeness (QED) is 0.347. The number of benzene rings is 1. The average Bonchev–Trinajstić information content (AvgIpc) is 3.12. The van der Waals surface area contributed by atoms with Crippen LogP contribution in [0.3, 0.4) is 0 Å². The Balaban J connectivity index is 1.25. The number of hydrogen-bond acceptors (Lipinski definition) is 7. The van der Waals surface area contributed by atoms with Crippen molar-refractivity contribution in [3.63, 3.8) is 0 Å². The molecule has 3 fully saturated rings. The van der Waals surface area contributed by atoms with E-state index in [0.29, 0.717) is 25.0 Å². The molecule has 1 aliphatic carbocycles. The summed E-state index contributed by atoms with van der Waals surface area (Å²) in [6.45, 7) is 2.94. The predicted molar refractivity (Wildman–Crippen MR) is 121 cm³/mol. The van der Waals surface area contributed by atoms with Crippen molar-refractivity contribution in [1.82, 2.24) is 25.0 Å². The van der Waals surface area contributed by atoms with Gasteiger partial charge in [-0.05, 0) is 43.2 Å². The largest absolute Gasteiger partial charge is 0.416 e. The van der Waals surface area contributed by atoms with Gasteiger partial charge in [0.15, 0.2) is 0 Å². The van der Waals surface area contributed by atoms with Crippen molar-refractivity contribution in [2.45, 2.75) is 68.5 Å². The van der Waals surface area contributed by atoms with Crippen molar-refractivity contribution in [3.8, 4) is 0 Å². The molecule has 0 spiro atoms. The van der Waals surface area contributed by atoms with Gasteiger partial charge in [0.05, 0.1) is 17.1 Å². The predicted octanol–water partition coefficient (Wildman–Crippen LogP) is 4.88. The van der Waals surface area contributed by atoms with E-state index in [1.165, 1.54) is 12.1 Å². The molecular formula is C24H23F6N7O. The van der Waals surface area contributed by atoms with E-state index in [4.69, 9.17) is 4.42 Å². The van der Waals surface area contributed by atoms with Crippen LogP contribution in [0.4, 0.5) is 38.3 Å². The van der Waals surface area contributed by atoms with Crippen molar-refractivity contribution < 1.29 is 30.8 Å². The first kappa shape index (κ1) is 23.8. The molecule has 5 heterocycles. The Morgan fingerprint density at radius 2 is 1.87 bits per heavy atom. The van der Waals surface area contributed by atoms with Gasteiger partial charge >= 0.3 is 18.4 Å². The third-order valence-electron chi connectivity index (χ3n) is 8.53. The van der Waals surface area contributed by atoms with Crippen LogP contribution >= 0.6 is 0 Å². The lowest BCUT2D eigenvalue weighted by Gasteiger charge is -2.30. The summed E-state index contributed by atoms with van der Waals surface area (Å²) in [6, 6.07) is 3.36. The lowest BCUT2D eigenvalue weighted by atomic mass is 9.87. The Hall–Kier alpha value is -3.32. The van der Waals surface area contributed by atoms with E-state index in [9.17, 15) is 26.3 Å². The molecule has 2 bridgehead atoms. The molecule has 3 aromatic rings. The number of fused-ring (bicyclic) bond motifs is 1. The van der Waals surface area contributed by atoms with Gasteiger partial charge < -0.3 is 14.2 Å². The van der Waals surface area contributed by atoms with E-state index in [0.717, 1.165) is 29.7 Å². The smallest absolute Gasteiger partial charge is 0.408 e. The van der Waals surface area contributed by atoms with Gasteiger partial charge in [-0.2, -0.15) is 31.3 Å². The first-order valence-electron chi connectivity index (χ1n) is 12.5. The summed E-state index contributed by atoms with van der Waals surface area (Å²) in [6.07, 6.45) is -7.61. The monoisotopic (exact) mass is 539 g/mol. The van der Waals surface area contributed by atoms with Crippen LogP contribution in [0, 0.1) is 12.8 Å². The van der Waals surface area contributed by atoms with Gasteiger partial charge in [-0.15, -0.1) is 10.2 Å². The van der Waals surface area contributed by atoms with Crippen LogP contribution in [-0.2, 0) is 6.18 Å². The molecule has 0 N–H and O–H groups in total. The van der Waals surface area contributed by atoms with Crippen molar-refractivity contribution in [3.05, 3.63) is 47.1 Å². The normalized spacial score (nSPS) is 30.4. The molecule has 4 aliphatic rings. The van der Waals surface area contributed by atoms with Crippen LogP contribution in [0.25, 0.3) is 0 Å². The topological polar surface area (TPSA) is 75.9 Å². The molecular weight excluding hydrogens is 516 g/mol. The average molecular weight is 539 g/mol. The molecule has 2 saturated heterocycles. The third-order valence-corrected chi connectivity index (χ3v) is 8.53. The summed E-state index contributed by atoms with van der Waals surface area (Å²) >= 11 is 0. The Kier molecular flexibility index (Phi) is 4.77. The van der Waals surface area contributed by atoms with Crippen molar-refractivity contribution in [2.24, 2.45) is 5.92 Å². The summed E-state index contributed by atoms with van der Waals surface area (Å²) in [4.78, 5) is 8.59. The van der Waals surface area contributed by atoms with Crippen LogP contribution in [0.2, 0.25) is 0 Å². The molecule has 1 aromatic carbocycles. The summed E-state index contributed by atoms with van der Waals surface area (Å²) in [5, 5.41) is 12.4. The number of alkyl halides is 6. The SMILES string of the molecule is Cc1nnc(N2C[C@@H]3CC[C@]4(C2)[C@H]3N4c2nc3n(n2)C(C(F)(F)F)CCC3c2cccc(C(F)(F)F)c2)o1. The maximum Gasteiger partial charge on any atom is 0.416 e. The van der Waals surface area contributed by atoms with E-state index in [1.54, 1.807) is 6.92 Å². The number of rotatable bonds is 3. The lowest BCUT2D eigenvalue weighted by molar-refractivity contribution is -0.175. The second-order valence-corrected chi connectivity index (χ2v) is 10.7. The minimum Gasteiger partial charge on any atom is -0.408 e. The summed E-state index contributed by atoms with van der Waals surface area (Å²) < 4.78 is 88.6. The fraction of sp³-hybridized carbons (Fsp3) is 0.583. The number of anilines is 2. The highest BCUT2D eigenvalue weighted by molar-refractivity contribution is 5.59. The number of aryl methyl sites for hydroxylation is 1. The van der Waals surface area contributed by atoms with Gasteiger partial charge in [0.25, 0.3) is 0 Å². The molecule has 5 atom stereocenters. The molecule has 1 saturated carbocycles. The van der Waals surface area contributed by atoms with Crippen LogP contribution in [-0.4, -0.2) is 55.8 Å². The summed E-state index contributed by atoms with van der Waals surface area (Å²) in [5.41, 5.74) is -0.910. The molecule has 0 amide bonds. The number of aromatic nitrogens is 5. The van der Waals surface area contributed by atoms with Gasteiger partial charge in [0, 0.05) is 25.9 Å². The third kappa shape index (κ3) is 3.44. The highest BCUT2D eigenvalue weighted by atomic mass is 19.4. The molecule has 7 rings (SSSR count). The second kappa shape index (κ2) is 7.63. The molecule has 14 heteroatoms. The number of piperidine rings is 2. The van der Waals surface area contributed by atoms with E-state index < -0.39 is 29.9 Å². The lowest BCUT2D eigenvalue weighted by Crippen LogP contribution is -2.42. The highest BCUT2D eigenvalue weighted by Crippen LogP contribution is 2.61. The van der Waals surface area contributed by atoms with E-state index in [1.807, 2.05) is 9.80 Å². The van der Waals surface area contributed by atoms with Gasteiger partial charge in [-0.1, -0.05) is 23.3 Å². The van der Waals surface area contributed by atoms with Crippen molar-refractivity contribution in [1.29, 1.82) is 0 Å². The molecule has 8 nitrogen and oxygen atoms in total. The van der Waals surface area contributed by atoms with Crippen LogP contribution in [0.15, 0.2) is 28.7 Å². The molecule has 2 aromatic heterocycles. The van der Waals surface area contributed by atoms with E-state index >= 15 is 0 Å². The van der Waals surface area contributed by atoms with E-state index in [-0.39, 0.29) is 47.7 Å². The maximum absolute atomic E-state index is 14.0. The Bertz CT molecular complexity index is 1400. The van der Waals surface area contributed by atoms with Crippen LogP contribution in [0.1, 0.15) is 60.5 Å². The van der Waals surface area contributed by atoms with Gasteiger partial charge in [0.2, 0.25) is 11.8 Å². The fourth-order valence-corrected chi connectivity index (χ4v) is 6.93. The Labute approximate surface area is 212 Å². The van der Waals surface area contributed by atoms with Crippen LogP contribution in [0.5, 0.6) is 0 Å². The Morgan fingerprint density at radius 1 is 1.05 bits per heavy atom. The molecule has 0 radical (unpaired) electrons. The van der Waals surface area contributed by atoms with Crippen molar-refractivity contribution >= 4 is 12.0 Å². The minimum atomic E-state index is -4.56.